The number of unbranched alkanes of at least 4 members (excludes halogenated alkanes) is 5. The molecule has 2 aromatic carbocycles. The van der Waals surface area contributed by atoms with Gasteiger partial charge in [-0.1, -0.05) is 51.9 Å². The molecule has 19 heavy (non-hydrogen) atoms. The summed E-state index contributed by atoms with van der Waals surface area (Å²) in [4.78, 5) is 0. The maximum atomic E-state index is 2.27. The van der Waals surface area contributed by atoms with Crippen LogP contribution in [0.2, 0.25) is 0 Å². The molecule has 2 rings (SSSR count). The molecule has 0 aliphatic heterocycles. The van der Waals surface area contributed by atoms with Crippen LogP contribution in [0.1, 0.15) is 51.0 Å². The molecule has 0 aliphatic rings. The summed E-state index contributed by atoms with van der Waals surface area (Å²) in [7, 11) is 0. The third-order valence-electron chi connectivity index (χ3n) is 3.11. The van der Waals surface area contributed by atoms with Gasteiger partial charge in [0.15, 0.2) is 0 Å². The maximum absolute atomic E-state index is 2.27. The van der Waals surface area contributed by atoms with Crippen molar-refractivity contribution in [3.63, 3.8) is 0 Å². The van der Waals surface area contributed by atoms with Crippen molar-refractivity contribution in [2.45, 2.75) is 51.9 Å². The smallest absolute Gasteiger partial charge is 0 e. The Balaban J connectivity index is 0.000000454. The first kappa shape index (κ1) is 18.2. The van der Waals surface area contributed by atoms with Crippen LogP contribution in [-0.4, -0.2) is 0 Å². The molecule has 0 fully saturated rings. The molecule has 112 valence electrons. The van der Waals surface area contributed by atoms with Crippen molar-refractivity contribution in [2.75, 3.05) is 0 Å². The van der Waals surface area contributed by atoms with Gasteiger partial charge in [0.1, 0.15) is 0 Å². The second-order valence-electron chi connectivity index (χ2n) is 4.77. The summed E-state index contributed by atoms with van der Waals surface area (Å²) in [5.41, 5.74) is 1.51. The molecule has 0 aliphatic carbocycles. The summed E-state index contributed by atoms with van der Waals surface area (Å²) in [6, 6.07) is 18.7. The first-order valence-electron chi connectivity index (χ1n) is 7.30. The van der Waals surface area contributed by atoms with Crippen molar-refractivity contribution in [3.8, 4) is 0 Å². The predicted molar refractivity (Wildman–Crippen MR) is 81.2 cm³/mol. The fourth-order valence-electron chi connectivity index (χ4n) is 2.01. The van der Waals surface area contributed by atoms with Crippen molar-refractivity contribution < 1.29 is 17.1 Å². The molecule has 0 atom stereocenters. The molecule has 0 amide bonds. The molecule has 0 saturated carbocycles. The van der Waals surface area contributed by atoms with Crippen LogP contribution in [-0.2, 0) is 23.5 Å². The van der Waals surface area contributed by atoms with Crippen LogP contribution in [0.3, 0.4) is 0 Å². The zero-order valence-electron chi connectivity index (χ0n) is 12.0. The van der Waals surface area contributed by atoms with Crippen LogP contribution in [0, 0.1) is 0 Å². The molecule has 0 bridgehead atoms. The van der Waals surface area contributed by atoms with Crippen molar-refractivity contribution in [3.05, 3.63) is 60.2 Å². The second kappa shape index (κ2) is 13.6. The maximum Gasteiger partial charge on any atom is 0 e. The largest absolute Gasteiger partial charge is 0.748 e. The van der Waals surface area contributed by atoms with E-state index in [0.717, 1.165) is 0 Å². The van der Waals surface area contributed by atoms with Crippen molar-refractivity contribution in [1.82, 2.24) is 0 Å². The summed E-state index contributed by atoms with van der Waals surface area (Å²) in [6.45, 7) is 2.27. The molecule has 0 unspecified atom stereocenters. The molecule has 0 spiro atoms. The summed E-state index contributed by atoms with van der Waals surface area (Å²) in [5.74, 6) is 0. The SMILES string of the molecule is CCCCCCCC[c-]1cccc1.[Fe].[cH-]1[cH-][cH-][cH-][cH-]1. The molecule has 1 heteroatoms. The van der Waals surface area contributed by atoms with Gasteiger partial charge in [-0.2, -0.15) is 17.7 Å². The van der Waals surface area contributed by atoms with Gasteiger partial charge in [-0.05, 0) is 0 Å². The number of hydrogen-bond donors (Lipinski definition) is 0. The summed E-state index contributed by atoms with van der Waals surface area (Å²) >= 11 is 0. The third-order valence-corrected chi connectivity index (χ3v) is 3.11. The molecule has 0 nitrogen and oxygen atoms in total. The first-order chi connectivity index (χ1) is 8.93. The second-order valence-corrected chi connectivity index (χ2v) is 4.77. The summed E-state index contributed by atoms with van der Waals surface area (Å²) in [6.07, 6.45) is 9.67. The number of rotatable bonds is 7. The van der Waals surface area contributed by atoms with Crippen molar-refractivity contribution in [1.29, 1.82) is 0 Å². The monoisotopic (exact) mass is 298 g/mol. The van der Waals surface area contributed by atoms with Gasteiger partial charge in [-0.3, -0.25) is 0 Å². The zero-order chi connectivity index (χ0) is 12.9. The Morgan fingerprint density at radius 2 is 1.21 bits per heavy atom. The van der Waals surface area contributed by atoms with E-state index in [1.165, 1.54) is 50.5 Å². The summed E-state index contributed by atoms with van der Waals surface area (Å²) < 4.78 is 0. The third kappa shape index (κ3) is 10.8. The quantitative estimate of drug-likeness (QED) is 0.349. The molecular weight excluding hydrogens is 272 g/mol. The van der Waals surface area contributed by atoms with E-state index in [9.17, 15) is 0 Å². The molecule has 0 radical (unpaired) electrons. The predicted octanol–water partition coefficient (Wildman–Crippen LogP) is 5.71. The molecular formula is C18H26Fe-6. The van der Waals surface area contributed by atoms with E-state index in [1.54, 1.807) is 0 Å². The Bertz CT molecular complexity index is 314. The Labute approximate surface area is 129 Å². The van der Waals surface area contributed by atoms with E-state index in [-0.39, 0.29) is 17.1 Å². The van der Waals surface area contributed by atoms with E-state index in [2.05, 4.69) is 31.2 Å². The van der Waals surface area contributed by atoms with Gasteiger partial charge in [0.05, 0.1) is 0 Å². The Morgan fingerprint density at radius 1 is 0.737 bits per heavy atom. The van der Waals surface area contributed by atoms with Crippen LogP contribution in [0.25, 0.3) is 0 Å². The molecule has 2 aromatic rings. The Morgan fingerprint density at radius 3 is 1.74 bits per heavy atom. The van der Waals surface area contributed by atoms with Gasteiger partial charge in [0.2, 0.25) is 0 Å². The van der Waals surface area contributed by atoms with E-state index >= 15 is 0 Å². The number of hydrogen-bond acceptors (Lipinski definition) is 0. The Kier molecular flexibility index (Phi) is 13.1. The van der Waals surface area contributed by atoms with Gasteiger partial charge >= 0.3 is 0 Å². The Hall–Kier alpha value is -0.781. The first-order valence-corrected chi connectivity index (χ1v) is 7.30. The van der Waals surface area contributed by atoms with E-state index < -0.39 is 0 Å². The normalized spacial score (nSPS) is 9.32. The zero-order valence-corrected chi connectivity index (χ0v) is 13.1. The minimum absolute atomic E-state index is 0. The van der Waals surface area contributed by atoms with Gasteiger partial charge in [0, 0.05) is 17.1 Å². The minimum Gasteiger partial charge on any atom is -0.748 e. The van der Waals surface area contributed by atoms with Gasteiger partial charge in [-0.15, -0.1) is 0 Å². The van der Waals surface area contributed by atoms with E-state index in [4.69, 9.17) is 0 Å². The van der Waals surface area contributed by atoms with Crippen molar-refractivity contribution >= 4 is 0 Å². The average molecular weight is 298 g/mol. The fraction of sp³-hybridized carbons (Fsp3) is 0.444. The van der Waals surface area contributed by atoms with Gasteiger partial charge in [0.25, 0.3) is 0 Å². The summed E-state index contributed by atoms with van der Waals surface area (Å²) in [5, 5.41) is 0. The standard InChI is InChI=1S/C13H21.C5H5.Fe/c1-2-3-4-5-6-7-10-13-11-8-9-12-13;1-2-4-5-3-1;/h8-9,11-12H,2-7,10H2,1H3;1-5H;/q-1;-5;. The molecule has 0 heterocycles. The van der Waals surface area contributed by atoms with Crippen molar-refractivity contribution in [2.24, 2.45) is 0 Å². The molecule has 0 aromatic heterocycles. The van der Waals surface area contributed by atoms with E-state index in [1.807, 2.05) is 30.3 Å². The average Bonchev–Trinajstić information content (AvgIpc) is 3.07. The van der Waals surface area contributed by atoms with Crippen LogP contribution in [0.4, 0.5) is 0 Å². The molecule has 0 saturated heterocycles. The van der Waals surface area contributed by atoms with Crippen LogP contribution < -0.4 is 0 Å². The van der Waals surface area contributed by atoms with Gasteiger partial charge in [-0.25, -0.2) is 12.1 Å². The van der Waals surface area contributed by atoms with Crippen LogP contribution in [0.15, 0.2) is 54.6 Å². The van der Waals surface area contributed by atoms with Gasteiger partial charge < -0.3 is 30.3 Å². The molecule has 0 N–H and O–H groups in total. The fourth-order valence-corrected chi connectivity index (χ4v) is 2.01. The van der Waals surface area contributed by atoms with Crippen LogP contribution >= 0.6 is 0 Å². The van der Waals surface area contributed by atoms with Crippen LogP contribution in [0.5, 0.6) is 0 Å². The minimum atomic E-state index is 0. The van der Waals surface area contributed by atoms with E-state index in [0.29, 0.717) is 0 Å². The topological polar surface area (TPSA) is 0 Å². The number of aryl methyl sites for hydroxylation is 1.